The highest BCUT2D eigenvalue weighted by Gasteiger charge is 2.49. The number of hydrogen-bond acceptors (Lipinski definition) is 5. The van der Waals surface area contributed by atoms with Crippen molar-refractivity contribution >= 4 is 5.97 Å². The zero-order valence-corrected chi connectivity index (χ0v) is 12.7. The number of carbonyl (C=O) groups is 1. The van der Waals surface area contributed by atoms with Gasteiger partial charge in [0.25, 0.3) is 0 Å². The quantitative estimate of drug-likeness (QED) is 0.685. The number of methoxy groups -OCH3 is 1. The SMILES string of the molecule is CCCNC1(C(=O)OC)CCCC1CCOC1COC1. The van der Waals surface area contributed by atoms with Gasteiger partial charge in [-0.25, -0.2) is 0 Å². The monoisotopic (exact) mass is 285 g/mol. The van der Waals surface area contributed by atoms with Crippen molar-refractivity contribution in [3.63, 3.8) is 0 Å². The largest absolute Gasteiger partial charge is 0.468 e. The fraction of sp³-hybridized carbons (Fsp3) is 0.933. The number of rotatable bonds is 8. The van der Waals surface area contributed by atoms with Crippen molar-refractivity contribution in [2.75, 3.05) is 33.5 Å². The van der Waals surface area contributed by atoms with E-state index in [4.69, 9.17) is 14.2 Å². The Morgan fingerprint density at radius 3 is 2.85 bits per heavy atom. The number of nitrogens with one attached hydrogen (secondary N) is 1. The van der Waals surface area contributed by atoms with Crippen LogP contribution in [0.3, 0.4) is 0 Å². The van der Waals surface area contributed by atoms with E-state index in [0.29, 0.717) is 25.7 Å². The molecule has 5 nitrogen and oxygen atoms in total. The lowest BCUT2D eigenvalue weighted by molar-refractivity contribution is -0.152. The predicted octanol–water partition coefficient (Wildman–Crippen LogP) is 1.50. The summed E-state index contributed by atoms with van der Waals surface area (Å²) in [5, 5.41) is 3.46. The average Bonchev–Trinajstić information content (AvgIpc) is 2.82. The summed E-state index contributed by atoms with van der Waals surface area (Å²) in [4.78, 5) is 12.3. The molecule has 116 valence electrons. The molecule has 0 amide bonds. The number of carbonyl (C=O) groups excluding carboxylic acids is 1. The lowest BCUT2D eigenvalue weighted by Crippen LogP contribution is -2.55. The molecule has 2 fully saturated rings. The molecule has 1 N–H and O–H groups in total. The van der Waals surface area contributed by atoms with Crippen LogP contribution >= 0.6 is 0 Å². The molecule has 1 aliphatic carbocycles. The normalized spacial score (nSPS) is 30.2. The third kappa shape index (κ3) is 3.32. The van der Waals surface area contributed by atoms with Crippen molar-refractivity contribution in [2.24, 2.45) is 5.92 Å². The molecule has 5 heteroatoms. The number of ether oxygens (including phenoxy) is 3. The molecule has 2 atom stereocenters. The highest BCUT2D eigenvalue weighted by atomic mass is 16.6. The molecule has 1 aliphatic heterocycles. The van der Waals surface area contributed by atoms with Crippen LogP contribution in [0.2, 0.25) is 0 Å². The van der Waals surface area contributed by atoms with Crippen molar-refractivity contribution < 1.29 is 19.0 Å². The molecule has 0 aromatic carbocycles. The molecule has 0 radical (unpaired) electrons. The fourth-order valence-electron chi connectivity index (χ4n) is 3.26. The molecule has 0 bridgehead atoms. The topological polar surface area (TPSA) is 56.8 Å². The Hall–Kier alpha value is -0.650. The van der Waals surface area contributed by atoms with Gasteiger partial charge < -0.3 is 19.5 Å². The lowest BCUT2D eigenvalue weighted by Gasteiger charge is -2.34. The van der Waals surface area contributed by atoms with E-state index in [1.54, 1.807) is 0 Å². The first-order chi connectivity index (χ1) is 9.73. The second-order valence-electron chi connectivity index (χ2n) is 5.80. The van der Waals surface area contributed by atoms with Crippen LogP contribution in [0, 0.1) is 5.92 Å². The summed E-state index contributed by atoms with van der Waals surface area (Å²) in [6, 6.07) is 0. The molecule has 2 rings (SSSR count). The molecular weight excluding hydrogens is 258 g/mol. The van der Waals surface area contributed by atoms with E-state index >= 15 is 0 Å². The van der Waals surface area contributed by atoms with Gasteiger partial charge in [-0.2, -0.15) is 0 Å². The molecule has 20 heavy (non-hydrogen) atoms. The standard InChI is InChI=1S/C15H27NO4/c1-3-8-16-15(14(17)18-2)7-4-5-12(15)6-9-20-13-10-19-11-13/h12-13,16H,3-11H2,1-2H3. The Morgan fingerprint density at radius 1 is 1.45 bits per heavy atom. The van der Waals surface area contributed by atoms with Crippen LogP contribution in [0.4, 0.5) is 0 Å². The summed E-state index contributed by atoms with van der Waals surface area (Å²) in [5.41, 5.74) is -0.496. The number of esters is 1. The van der Waals surface area contributed by atoms with Crippen LogP contribution in [-0.4, -0.2) is 51.1 Å². The minimum atomic E-state index is -0.496. The van der Waals surface area contributed by atoms with E-state index in [2.05, 4.69) is 12.2 Å². The van der Waals surface area contributed by atoms with Crippen molar-refractivity contribution in [2.45, 2.75) is 50.7 Å². The summed E-state index contributed by atoms with van der Waals surface area (Å²) in [6.07, 6.45) is 5.19. The van der Waals surface area contributed by atoms with Crippen molar-refractivity contribution in [3.8, 4) is 0 Å². The molecule has 1 saturated carbocycles. The fourth-order valence-corrected chi connectivity index (χ4v) is 3.26. The van der Waals surface area contributed by atoms with Crippen molar-refractivity contribution in [3.05, 3.63) is 0 Å². The van der Waals surface area contributed by atoms with E-state index in [9.17, 15) is 4.79 Å². The summed E-state index contributed by atoms with van der Waals surface area (Å²) < 4.78 is 15.9. The maximum absolute atomic E-state index is 12.3. The molecule has 1 heterocycles. The zero-order valence-electron chi connectivity index (χ0n) is 12.7. The first kappa shape index (κ1) is 15.7. The van der Waals surface area contributed by atoms with Gasteiger partial charge in [0, 0.05) is 6.61 Å². The van der Waals surface area contributed by atoms with Gasteiger partial charge in [-0.15, -0.1) is 0 Å². The van der Waals surface area contributed by atoms with Gasteiger partial charge in [0.05, 0.1) is 20.3 Å². The van der Waals surface area contributed by atoms with Crippen LogP contribution in [-0.2, 0) is 19.0 Å². The summed E-state index contributed by atoms with van der Waals surface area (Å²) in [5.74, 6) is 0.197. The van der Waals surface area contributed by atoms with Crippen molar-refractivity contribution in [1.82, 2.24) is 5.32 Å². The number of hydrogen-bond donors (Lipinski definition) is 1. The first-order valence-corrected chi connectivity index (χ1v) is 7.75. The maximum Gasteiger partial charge on any atom is 0.326 e. The molecule has 0 spiro atoms. The minimum absolute atomic E-state index is 0.111. The summed E-state index contributed by atoms with van der Waals surface area (Å²) >= 11 is 0. The van der Waals surface area contributed by atoms with Gasteiger partial charge in [0.15, 0.2) is 0 Å². The van der Waals surface area contributed by atoms with E-state index in [1.807, 2.05) is 0 Å². The van der Waals surface area contributed by atoms with Gasteiger partial charge in [0.2, 0.25) is 0 Å². The van der Waals surface area contributed by atoms with Gasteiger partial charge in [-0.05, 0) is 38.1 Å². The molecule has 1 saturated heterocycles. The first-order valence-electron chi connectivity index (χ1n) is 7.75. The highest BCUT2D eigenvalue weighted by molar-refractivity contribution is 5.81. The predicted molar refractivity (Wildman–Crippen MR) is 75.6 cm³/mol. The minimum Gasteiger partial charge on any atom is -0.468 e. The molecule has 2 unspecified atom stereocenters. The second-order valence-corrected chi connectivity index (χ2v) is 5.80. The smallest absolute Gasteiger partial charge is 0.326 e. The Balaban J connectivity index is 1.90. The summed E-state index contributed by atoms with van der Waals surface area (Å²) in [7, 11) is 1.48. The zero-order chi connectivity index (χ0) is 14.4. The Morgan fingerprint density at radius 2 is 2.25 bits per heavy atom. The maximum atomic E-state index is 12.3. The van der Waals surface area contributed by atoms with Crippen molar-refractivity contribution in [1.29, 1.82) is 0 Å². The average molecular weight is 285 g/mol. The molecule has 0 aromatic heterocycles. The van der Waals surface area contributed by atoms with Crippen LogP contribution < -0.4 is 5.32 Å². The van der Waals surface area contributed by atoms with E-state index in [-0.39, 0.29) is 12.1 Å². The molecular formula is C15H27NO4. The van der Waals surface area contributed by atoms with Gasteiger partial charge in [-0.1, -0.05) is 13.3 Å². The molecule has 2 aliphatic rings. The second kappa shape index (κ2) is 7.38. The van der Waals surface area contributed by atoms with Crippen LogP contribution in [0.5, 0.6) is 0 Å². The van der Waals surface area contributed by atoms with Crippen LogP contribution in [0.15, 0.2) is 0 Å². The Labute approximate surface area is 121 Å². The Kier molecular flexibility index (Phi) is 5.81. The summed E-state index contributed by atoms with van der Waals surface area (Å²) in [6.45, 7) is 5.08. The van der Waals surface area contributed by atoms with E-state index < -0.39 is 5.54 Å². The molecule has 0 aromatic rings. The van der Waals surface area contributed by atoms with Crippen LogP contribution in [0.1, 0.15) is 39.0 Å². The highest BCUT2D eigenvalue weighted by Crippen LogP contribution is 2.39. The van der Waals surface area contributed by atoms with Gasteiger partial charge >= 0.3 is 5.97 Å². The third-order valence-corrected chi connectivity index (χ3v) is 4.49. The van der Waals surface area contributed by atoms with Crippen LogP contribution in [0.25, 0.3) is 0 Å². The lowest BCUT2D eigenvalue weighted by atomic mass is 9.84. The van der Waals surface area contributed by atoms with E-state index in [1.165, 1.54) is 7.11 Å². The van der Waals surface area contributed by atoms with E-state index in [0.717, 1.165) is 38.6 Å². The van der Waals surface area contributed by atoms with Gasteiger partial charge in [-0.3, -0.25) is 4.79 Å². The third-order valence-electron chi connectivity index (χ3n) is 4.49. The van der Waals surface area contributed by atoms with Gasteiger partial charge in [0.1, 0.15) is 11.6 Å². The Bertz CT molecular complexity index is 319.